The number of aromatic nitrogens is 2. The van der Waals surface area contributed by atoms with Gasteiger partial charge in [0.1, 0.15) is 5.82 Å². The number of halogens is 1. The molecule has 0 saturated carbocycles. The average molecular weight is 521 g/mol. The monoisotopic (exact) mass is 521 g/mol. The summed E-state index contributed by atoms with van der Waals surface area (Å²) >= 11 is 1.77. The van der Waals surface area contributed by atoms with Crippen LogP contribution in [0.5, 0.6) is 0 Å². The van der Waals surface area contributed by atoms with Crippen LogP contribution in [0.3, 0.4) is 0 Å². The number of hydrogen-bond donors (Lipinski definition) is 2. The summed E-state index contributed by atoms with van der Waals surface area (Å²) in [6.07, 6.45) is 5.96. The van der Waals surface area contributed by atoms with Gasteiger partial charge in [-0.2, -0.15) is 0 Å². The Bertz CT molecular complexity index is 924. The molecule has 3 rings (SSSR count). The molecule has 2 N–H and O–H groups in total. The summed E-state index contributed by atoms with van der Waals surface area (Å²) in [5, 5.41) is 6.77. The molecule has 1 aromatic heterocycles. The maximum atomic E-state index is 4.49. The van der Waals surface area contributed by atoms with Gasteiger partial charge in [-0.3, -0.25) is 4.99 Å². The Morgan fingerprint density at radius 2 is 1.86 bits per heavy atom. The second kappa shape index (κ2) is 11.9. The van der Waals surface area contributed by atoms with E-state index in [0.29, 0.717) is 6.54 Å². The van der Waals surface area contributed by atoms with Crippen LogP contribution in [0.1, 0.15) is 22.5 Å². The molecule has 0 aliphatic rings. The third-order valence-electron chi connectivity index (χ3n) is 4.52. The number of nitrogens with one attached hydrogen (secondary N) is 2. The van der Waals surface area contributed by atoms with Crippen LogP contribution >= 0.6 is 35.7 Å². The Hall–Kier alpha value is -2.00. The van der Waals surface area contributed by atoms with Gasteiger partial charge in [0.25, 0.3) is 0 Å². The second-order valence-corrected chi connectivity index (χ2v) is 7.40. The normalized spacial score (nSPS) is 11.1. The number of aryl methyl sites for hydroxylation is 1. The highest BCUT2D eigenvalue weighted by molar-refractivity contribution is 14.0. The number of rotatable bonds is 7. The van der Waals surface area contributed by atoms with E-state index in [1.807, 2.05) is 18.5 Å². The van der Waals surface area contributed by atoms with Gasteiger partial charge in [0.2, 0.25) is 0 Å². The van der Waals surface area contributed by atoms with E-state index in [-0.39, 0.29) is 24.0 Å². The largest absolute Gasteiger partial charge is 0.352 e. The van der Waals surface area contributed by atoms with E-state index in [9.17, 15) is 0 Å². The van der Waals surface area contributed by atoms with E-state index in [0.717, 1.165) is 24.9 Å². The molecule has 0 amide bonds. The molecule has 7 heteroatoms. The molecule has 0 aliphatic carbocycles. The lowest BCUT2D eigenvalue weighted by molar-refractivity contribution is 0.687. The Morgan fingerprint density at radius 3 is 2.59 bits per heavy atom. The minimum absolute atomic E-state index is 0. The van der Waals surface area contributed by atoms with Crippen molar-refractivity contribution in [3.8, 4) is 0 Å². The third-order valence-corrected chi connectivity index (χ3v) is 5.34. The van der Waals surface area contributed by atoms with Gasteiger partial charge in [-0.25, -0.2) is 4.98 Å². The van der Waals surface area contributed by atoms with E-state index in [1.54, 1.807) is 18.8 Å². The molecular formula is C22H28IN5S. The van der Waals surface area contributed by atoms with Crippen LogP contribution in [-0.2, 0) is 19.6 Å². The van der Waals surface area contributed by atoms with Gasteiger partial charge in [-0.15, -0.1) is 35.7 Å². The lowest BCUT2D eigenvalue weighted by Gasteiger charge is -2.14. The van der Waals surface area contributed by atoms with Crippen molar-refractivity contribution in [1.82, 2.24) is 20.2 Å². The number of hydrogen-bond acceptors (Lipinski definition) is 3. The minimum Gasteiger partial charge on any atom is -0.352 e. The molecule has 0 atom stereocenters. The number of thioether (sulfide) groups is 1. The molecule has 0 spiro atoms. The van der Waals surface area contributed by atoms with Crippen molar-refractivity contribution in [1.29, 1.82) is 0 Å². The summed E-state index contributed by atoms with van der Waals surface area (Å²) < 4.78 is 2.15. The quantitative estimate of drug-likeness (QED) is 0.209. The van der Waals surface area contributed by atoms with Gasteiger partial charge in [0.15, 0.2) is 5.96 Å². The van der Waals surface area contributed by atoms with Crippen LogP contribution in [0, 0.1) is 6.92 Å². The summed E-state index contributed by atoms with van der Waals surface area (Å²) in [5.41, 5.74) is 3.81. The van der Waals surface area contributed by atoms with Crippen molar-refractivity contribution >= 4 is 41.7 Å². The number of guanidine groups is 1. The smallest absolute Gasteiger partial charge is 0.191 e. The molecule has 1 heterocycles. The van der Waals surface area contributed by atoms with Crippen molar-refractivity contribution in [3.63, 3.8) is 0 Å². The Morgan fingerprint density at radius 1 is 1.10 bits per heavy atom. The predicted molar refractivity (Wildman–Crippen MR) is 133 cm³/mol. The molecule has 0 saturated heterocycles. The maximum Gasteiger partial charge on any atom is 0.191 e. The predicted octanol–water partition coefficient (Wildman–Crippen LogP) is 4.44. The van der Waals surface area contributed by atoms with Gasteiger partial charge in [-0.05, 0) is 35.9 Å². The van der Waals surface area contributed by atoms with Gasteiger partial charge in [0, 0.05) is 37.4 Å². The maximum absolute atomic E-state index is 4.49. The highest BCUT2D eigenvalue weighted by Gasteiger charge is 2.07. The van der Waals surface area contributed by atoms with Gasteiger partial charge in [0.05, 0.1) is 6.54 Å². The lowest BCUT2D eigenvalue weighted by atomic mass is 10.1. The van der Waals surface area contributed by atoms with Crippen LogP contribution in [0.25, 0.3) is 0 Å². The molecule has 0 bridgehead atoms. The molecule has 154 valence electrons. The molecule has 29 heavy (non-hydrogen) atoms. The minimum atomic E-state index is 0. The number of nitrogens with zero attached hydrogens (tertiary/aromatic N) is 3. The Labute approximate surface area is 194 Å². The number of benzene rings is 2. The van der Waals surface area contributed by atoms with Crippen LogP contribution in [-0.4, -0.2) is 28.8 Å². The standard InChI is InChI=1S/C22H27N5S.HI/c1-17-9-10-19(20(13-17)28-3)14-25-22(23-2)26-15-21-24-11-12-27(21)16-18-7-5-4-6-8-18;/h4-13H,14-16H2,1-3H3,(H2,23,25,26);1H. The van der Waals surface area contributed by atoms with E-state index in [4.69, 9.17) is 0 Å². The summed E-state index contributed by atoms with van der Waals surface area (Å²) in [6, 6.07) is 16.9. The molecular weight excluding hydrogens is 493 g/mol. The zero-order valence-electron chi connectivity index (χ0n) is 17.1. The molecule has 0 aliphatic heterocycles. The van der Waals surface area contributed by atoms with Gasteiger partial charge < -0.3 is 15.2 Å². The van der Waals surface area contributed by atoms with Crippen molar-refractivity contribution in [2.45, 2.75) is 31.5 Å². The van der Waals surface area contributed by atoms with E-state index < -0.39 is 0 Å². The van der Waals surface area contributed by atoms with Crippen LogP contribution in [0.15, 0.2) is 70.8 Å². The topological polar surface area (TPSA) is 54.2 Å². The van der Waals surface area contributed by atoms with Crippen molar-refractivity contribution < 1.29 is 0 Å². The first-order chi connectivity index (χ1) is 13.7. The van der Waals surface area contributed by atoms with Crippen LogP contribution in [0.2, 0.25) is 0 Å². The SMILES string of the molecule is CN=C(NCc1ccc(C)cc1SC)NCc1nccn1Cc1ccccc1.I. The van der Waals surface area contributed by atoms with Crippen LogP contribution in [0.4, 0.5) is 0 Å². The zero-order valence-corrected chi connectivity index (χ0v) is 20.2. The highest BCUT2D eigenvalue weighted by Crippen LogP contribution is 2.21. The van der Waals surface area contributed by atoms with Gasteiger partial charge in [-0.1, -0.05) is 42.5 Å². The fourth-order valence-corrected chi connectivity index (χ4v) is 3.70. The summed E-state index contributed by atoms with van der Waals surface area (Å²) in [7, 11) is 1.79. The van der Waals surface area contributed by atoms with Crippen molar-refractivity contribution in [2.75, 3.05) is 13.3 Å². The molecule has 3 aromatic rings. The van der Waals surface area contributed by atoms with E-state index in [2.05, 4.69) is 80.8 Å². The first-order valence-electron chi connectivity index (χ1n) is 9.31. The lowest BCUT2D eigenvalue weighted by Crippen LogP contribution is -2.37. The first-order valence-corrected chi connectivity index (χ1v) is 10.5. The Balaban J connectivity index is 0.00000300. The summed E-state index contributed by atoms with van der Waals surface area (Å²) in [6.45, 7) is 4.27. The molecule has 0 radical (unpaired) electrons. The molecule has 5 nitrogen and oxygen atoms in total. The highest BCUT2D eigenvalue weighted by atomic mass is 127. The Kier molecular flexibility index (Phi) is 9.53. The number of imidazole rings is 1. The van der Waals surface area contributed by atoms with Crippen molar-refractivity contribution in [3.05, 3.63) is 83.4 Å². The average Bonchev–Trinajstić information content (AvgIpc) is 3.16. The summed E-state index contributed by atoms with van der Waals surface area (Å²) in [4.78, 5) is 10.1. The second-order valence-electron chi connectivity index (χ2n) is 6.55. The first kappa shape index (κ1) is 23.3. The molecule has 0 fully saturated rings. The van der Waals surface area contributed by atoms with E-state index in [1.165, 1.54) is 21.6 Å². The third kappa shape index (κ3) is 6.78. The fraction of sp³-hybridized carbons (Fsp3) is 0.273. The van der Waals surface area contributed by atoms with E-state index >= 15 is 0 Å². The zero-order chi connectivity index (χ0) is 19.8. The van der Waals surface area contributed by atoms with Crippen LogP contribution < -0.4 is 10.6 Å². The van der Waals surface area contributed by atoms with Gasteiger partial charge >= 0.3 is 0 Å². The number of aliphatic imine (C=N–C) groups is 1. The fourth-order valence-electron chi connectivity index (χ4n) is 2.99. The molecule has 0 unspecified atom stereocenters. The van der Waals surface area contributed by atoms with Crippen molar-refractivity contribution in [2.24, 2.45) is 4.99 Å². The molecule has 2 aromatic carbocycles. The summed E-state index contributed by atoms with van der Waals surface area (Å²) in [5.74, 6) is 1.74.